The second-order valence-corrected chi connectivity index (χ2v) is 6.99. The quantitative estimate of drug-likeness (QED) is 0.340. The highest BCUT2D eigenvalue weighted by Gasteiger charge is 2.14. The summed E-state index contributed by atoms with van der Waals surface area (Å²) >= 11 is 0. The maximum Gasteiger partial charge on any atom is 0.203 e. The summed E-state index contributed by atoms with van der Waals surface area (Å²) in [7, 11) is 3.25. The van der Waals surface area contributed by atoms with Crippen LogP contribution in [0.25, 0.3) is 10.9 Å². The van der Waals surface area contributed by atoms with Crippen LogP contribution in [0.4, 0.5) is 0 Å². The van der Waals surface area contributed by atoms with Gasteiger partial charge in [-0.2, -0.15) is 0 Å². The normalized spacial score (nSPS) is 11.4. The zero-order valence-corrected chi connectivity index (χ0v) is 18.7. The van der Waals surface area contributed by atoms with Crippen LogP contribution in [0, 0.1) is 0 Å². The second kappa shape index (κ2) is 11.2. The lowest BCUT2D eigenvalue weighted by atomic mass is 10.1. The van der Waals surface area contributed by atoms with E-state index in [-0.39, 0.29) is 0 Å². The van der Waals surface area contributed by atoms with Crippen LogP contribution in [-0.4, -0.2) is 44.9 Å². The number of aromatic amines is 1. The highest BCUT2D eigenvalue weighted by Crippen LogP contribution is 2.38. The average Bonchev–Trinajstić information content (AvgIpc) is 3.21. The minimum Gasteiger partial charge on any atom is -0.493 e. The molecule has 0 bridgehead atoms. The topological polar surface area (TPSA) is 79.9 Å². The monoisotopic (exact) mass is 424 g/mol. The van der Waals surface area contributed by atoms with Crippen LogP contribution >= 0.6 is 0 Å². The van der Waals surface area contributed by atoms with E-state index in [0.29, 0.717) is 30.4 Å². The number of aliphatic imine (C=N–C) groups is 1. The van der Waals surface area contributed by atoms with Crippen molar-refractivity contribution in [3.63, 3.8) is 0 Å². The van der Waals surface area contributed by atoms with Gasteiger partial charge in [-0.25, -0.2) is 4.99 Å². The van der Waals surface area contributed by atoms with Gasteiger partial charge in [-0.1, -0.05) is 18.2 Å². The van der Waals surface area contributed by atoms with Gasteiger partial charge in [-0.15, -0.1) is 0 Å². The highest BCUT2D eigenvalue weighted by atomic mass is 16.5. The van der Waals surface area contributed by atoms with E-state index in [4.69, 9.17) is 19.2 Å². The van der Waals surface area contributed by atoms with Crippen LogP contribution in [0.1, 0.15) is 25.0 Å². The van der Waals surface area contributed by atoms with Gasteiger partial charge in [0.2, 0.25) is 5.75 Å². The van der Waals surface area contributed by atoms with E-state index in [0.717, 1.165) is 36.6 Å². The molecule has 3 N–H and O–H groups in total. The Morgan fingerprint density at radius 3 is 2.45 bits per heavy atom. The molecule has 1 aromatic heterocycles. The van der Waals surface area contributed by atoms with Gasteiger partial charge in [-0.05, 0) is 49.6 Å². The standard InChI is InChI=1S/C24H32N4O3/c1-5-25-24(26-12-11-18-16-27-20-10-8-7-9-19(18)20)28-15-17-13-21(29-3)23(31-6-2)22(14-17)30-4/h7-10,13-14,16,27H,5-6,11-12,15H2,1-4H3,(H2,25,26,28). The van der Waals surface area contributed by atoms with Crippen LogP contribution in [0.3, 0.4) is 0 Å². The predicted molar refractivity (Wildman–Crippen MR) is 126 cm³/mol. The molecular weight excluding hydrogens is 392 g/mol. The number of fused-ring (bicyclic) bond motifs is 1. The van der Waals surface area contributed by atoms with Crippen LogP contribution < -0.4 is 24.8 Å². The molecule has 7 nitrogen and oxygen atoms in total. The van der Waals surface area contributed by atoms with Crippen molar-refractivity contribution < 1.29 is 14.2 Å². The summed E-state index contributed by atoms with van der Waals surface area (Å²) < 4.78 is 16.7. The molecule has 0 unspecified atom stereocenters. The Labute approximate surface area is 183 Å². The van der Waals surface area contributed by atoms with E-state index in [2.05, 4.69) is 46.9 Å². The van der Waals surface area contributed by atoms with Gasteiger partial charge in [0.25, 0.3) is 0 Å². The molecular formula is C24H32N4O3. The number of methoxy groups -OCH3 is 2. The summed E-state index contributed by atoms with van der Waals surface area (Å²) in [5, 5.41) is 7.99. The minimum absolute atomic E-state index is 0.488. The summed E-state index contributed by atoms with van der Waals surface area (Å²) in [6.07, 6.45) is 2.98. The predicted octanol–water partition coefficient (Wildman–Crippen LogP) is 3.88. The number of benzene rings is 2. The van der Waals surface area contributed by atoms with Crippen molar-refractivity contribution in [3.05, 3.63) is 53.7 Å². The molecule has 0 aliphatic carbocycles. The Hall–Kier alpha value is -3.35. The molecule has 0 amide bonds. The molecule has 0 atom stereocenters. The van der Waals surface area contributed by atoms with Gasteiger partial charge >= 0.3 is 0 Å². The molecule has 0 aliphatic rings. The third-order valence-electron chi connectivity index (χ3n) is 4.93. The smallest absolute Gasteiger partial charge is 0.203 e. The molecule has 7 heteroatoms. The number of hydrogen-bond acceptors (Lipinski definition) is 4. The molecule has 0 radical (unpaired) electrons. The van der Waals surface area contributed by atoms with E-state index < -0.39 is 0 Å². The number of ether oxygens (including phenoxy) is 3. The lowest BCUT2D eigenvalue weighted by Crippen LogP contribution is -2.38. The molecule has 0 aliphatic heterocycles. The zero-order chi connectivity index (χ0) is 22.1. The van der Waals surface area contributed by atoms with Crippen molar-refractivity contribution in [1.29, 1.82) is 0 Å². The minimum atomic E-state index is 0.488. The molecule has 3 aromatic rings. The summed E-state index contributed by atoms with van der Waals surface area (Å²) in [4.78, 5) is 8.05. The Morgan fingerprint density at radius 1 is 1.03 bits per heavy atom. The number of hydrogen-bond donors (Lipinski definition) is 3. The third-order valence-corrected chi connectivity index (χ3v) is 4.93. The zero-order valence-electron chi connectivity index (χ0n) is 18.7. The van der Waals surface area contributed by atoms with Gasteiger partial charge in [0.05, 0.1) is 27.4 Å². The number of nitrogens with one attached hydrogen (secondary N) is 3. The summed E-state index contributed by atoms with van der Waals surface area (Å²) in [6, 6.07) is 12.2. The Morgan fingerprint density at radius 2 is 1.77 bits per heavy atom. The van der Waals surface area contributed by atoms with Crippen molar-refractivity contribution in [1.82, 2.24) is 15.6 Å². The van der Waals surface area contributed by atoms with Crippen LogP contribution in [-0.2, 0) is 13.0 Å². The van der Waals surface area contributed by atoms with E-state index in [1.807, 2.05) is 25.1 Å². The van der Waals surface area contributed by atoms with E-state index in [1.54, 1.807) is 14.2 Å². The van der Waals surface area contributed by atoms with Crippen LogP contribution in [0.5, 0.6) is 17.2 Å². The van der Waals surface area contributed by atoms with Crippen molar-refractivity contribution in [2.45, 2.75) is 26.8 Å². The fourth-order valence-corrected chi connectivity index (χ4v) is 3.48. The van der Waals surface area contributed by atoms with Crippen LogP contribution in [0.15, 0.2) is 47.6 Å². The SMILES string of the molecule is CCNC(=NCc1cc(OC)c(OCC)c(OC)c1)NCCc1c[nH]c2ccccc12. The number of rotatable bonds is 10. The van der Waals surface area contributed by atoms with Crippen molar-refractivity contribution in [2.24, 2.45) is 4.99 Å². The van der Waals surface area contributed by atoms with Crippen molar-refractivity contribution in [3.8, 4) is 17.2 Å². The first-order chi connectivity index (χ1) is 15.2. The fraction of sp³-hybridized carbons (Fsp3) is 0.375. The van der Waals surface area contributed by atoms with Gasteiger partial charge in [0.1, 0.15) is 0 Å². The van der Waals surface area contributed by atoms with Crippen molar-refractivity contribution in [2.75, 3.05) is 33.9 Å². The average molecular weight is 425 g/mol. The summed E-state index contributed by atoms with van der Waals surface area (Å²) in [6.45, 7) is 6.58. The number of para-hydroxylation sites is 1. The molecule has 2 aromatic carbocycles. The maximum atomic E-state index is 5.68. The number of H-pyrrole nitrogens is 1. The number of nitrogens with zero attached hydrogens (tertiary/aromatic N) is 1. The lowest BCUT2D eigenvalue weighted by Gasteiger charge is -2.15. The molecule has 0 saturated carbocycles. The Bertz CT molecular complexity index is 988. The molecule has 166 valence electrons. The number of guanidine groups is 1. The van der Waals surface area contributed by atoms with Gasteiger partial charge in [0.15, 0.2) is 17.5 Å². The Kier molecular flexibility index (Phi) is 8.04. The van der Waals surface area contributed by atoms with E-state index in [9.17, 15) is 0 Å². The van der Waals surface area contributed by atoms with Crippen LogP contribution in [0.2, 0.25) is 0 Å². The third kappa shape index (κ3) is 5.63. The first-order valence-corrected chi connectivity index (χ1v) is 10.6. The lowest BCUT2D eigenvalue weighted by molar-refractivity contribution is 0.288. The molecule has 0 saturated heterocycles. The molecule has 0 fully saturated rings. The van der Waals surface area contributed by atoms with Gasteiger partial charge in [-0.3, -0.25) is 0 Å². The highest BCUT2D eigenvalue weighted by molar-refractivity contribution is 5.83. The largest absolute Gasteiger partial charge is 0.493 e. The summed E-state index contributed by atoms with van der Waals surface area (Å²) in [5.74, 6) is 2.67. The Balaban J connectivity index is 1.67. The van der Waals surface area contributed by atoms with Gasteiger partial charge < -0.3 is 29.8 Å². The molecule has 1 heterocycles. The first-order valence-electron chi connectivity index (χ1n) is 10.6. The van der Waals surface area contributed by atoms with E-state index >= 15 is 0 Å². The molecule has 0 spiro atoms. The van der Waals surface area contributed by atoms with Crippen molar-refractivity contribution >= 4 is 16.9 Å². The van der Waals surface area contributed by atoms with E-state index in [1.165, 1.54) is 10.9 Å². The molecule has 31 heavy (non-hydrogen) atoms. The first kappa shape index (κ1) is 22.3. The maximum absolute atomic E-state index is 5.68. The fourth-order valence-electron chi connectivity index (χ4n) is 3.48. The summed E-state index contributed by atoms with van der Waals surface area (Å²) in [5.41, 5.74) is 3.43. The van der Waals surface area contributed by atoms with Gasteiger partial charge in [0, 0.05) is 30.2 Å². The number of aromatic nitrogens is 1. The molecule has 3 rings (SSSR count). The second-order valence-electron chi connectivity index (χ2n) is 6.99.